The molecule has 0 aromatic rings. The van der Waals surface area contributed by atoms with E-state index in [4.69, 9.17) is 9.47 Å². The molecule has 4 nitrogen and oxygen atoms in total. The normalized spacial score (nSPS) is 31.8. The van der Waals surface area contributed by atoms with E-state index < -0.39 is 11.2 Å². The van der Waals surface area contributed by atoms with Gasteiger partial charge in [0.15, 0.2) is 0 Å². The van der Waals surface area contributed by atoms with Gasteiger partial charge in [-0.15, -0.1) is 0 Å². The molecule has 1 fully saturated rings. The maximum absolute atomic E-state index is 12.1. The molecule has 0 saturated carbocycles. The van der Waals surface area contributed by atoms with Gasteiger partial charge in [-0.3, -0.25) is 9.59 Å². The van der Waals surface area contributed by atoms with Gasteiger partial charge in [0.2, 0.25) is 0 Å². The van der Waals surface area contributed by atoms with Crippen LogP contribution in [0.3, 0.4) is 0 Å². The number of hydrogen-bond acceptors (Lipinski definition) is 5. The van der Waals surface area contributed by atoms with Crippen molar-refractivity contribution in [2.45, 2.75) is 84.3 Å². The van der Waals surface area contributed by atoms with Crippen LogP contribution in [0.25, 0.3) is 0 Å². The standard InChI is InChI=1S/C20H36O4S/c1-5-8-10-16-13-23-19(22)17(25)12-18(21)24-14-20(7-3,15(16)4)11-9-6-2/h15-17,25H,5-14H2,1-4H3. The average Bonchev–Trinajstić information content (AvgIpc) is 2.62. The lowest BCUT2D eigenvalue weighted by Gasteiger charge is -2.42. The maximum Gasteiger partial charge on any atom is 0.319 e. The molecule has 0 bridgehead atoms. The topological polar surface area (TPSA) is 52.6 Å². The number of carbonyl (C=O) groups excluding carboxylic acids is 2. The fourth-order valence-corrected chi connectivity index (χ4v) is 4.04. The van der Waals surface area contributed by atoms with Crippen molar-refractivity contribution in [1.82, 2.24) is 0 Å². The first-order valence-electron chi connectivity index (χ1n) is 9.90. The lowest BCUT2D eigenvalue weighted by molar-refractivity contribution is -0.151. The molecule has 25 heavy (non-hydrogen) atoms. The van der Waals surface area contributed by atoms with Crippen molar-refractivity contribution in [2.75, 3.05) is 13.2 Å². The quantitative estimate of drug-likeness (QED) is 0.515. The highest BCUT2D eigenvalue weighted by molar-refractivity contribution is 7.81. The summed E-state index contributed by atoms with van der Waals surface area (Å²) in [7, 11) is 0. The fraction of sp³-hybridized carbons (Fsp3) is 0.900. The number of cyclic esters (lactones) is 2. The van der Waals surface area contributed by atoms with Crippen LogP contribution >= 0.6 is 12.6 Å². The average molecular weight is 373 g/mol. The monoisotopic (exact) mass is 372 g/mol. The Hall–Kier alpha value is -0.710. The van der Waals surface area contributed by atoms with Crippen molar-refractivity contribution >= 4 is 24.6 Å². The second-order valence-electron chi connectivity index (χ2n) is 7.52. The van der Waals surface area contributed by atoms with Crippen LogP contribution in [-0.2, 0) is 19.1 Å². The SMILES string of the molecule is CCCCC1COC(=O)C(S)CC(=O)OCC(CC)(CCCC)C1C. The first-order chi connectivity index (χ1) is 11.9. The highest BCUT2D eigenvalue weighted by Gasteiger charge is 2.40. The van der Waals surface area contributed by atoms with E-state index in [1.165, 1.54) is 0 Å². The largest absolute Gasteiger partial charge is 0.465 e. The zero-order valence-electron chi connectivity index (χ0n) is 16.4. The smallest absolute Gasteiger partial charge is 0.319 e. The predicted octanol–water partition coefficient (Wildman–Crippen LogP) is 4.80. The van der Waals surface area contributed by atoms with Crippen molar-refractivity contribution in [3.63, 3.8) is 0 Å². The molecule has 1 rings (SSSR count). The van der Waals surface area contributed by atoms with Gasteiger partial charge in [-0.25, -0.2) is 0 Å². The molecule has 0 N–H and O–H groups in total. The van der Waals surface area contributed by atoms with Crippen LogP contribution in [0.4, 0.5) is 0 Å². The van der Waals surface area contributed by atoms with Gasteiger partial charge in [0, 0.05) is 5.41 Å². The number of thiol groups is 1. The molecule has 4 atom stereocenters. The Morgan fingerprint density at radius 1 is 1.12 bits per heavy atom. The van der Waals surface area contributed by atoms with Gasteiger partial charge in [-0.05, 0) is 31.1 Å². The van der Waals surface area contributed by atoms with Crippen LogP contribution < -0.4 is 0 Å². The molecular formula is C20H36O4S. The number of ether oxygens (including phenoxy) is 2. The van der Waals surface area contributed by atoms with E-state index in [0.717, 1.165) is 44.9 Å². The second kappa shape index (κ2) is 11.1. The minimum Gasteiger partial charge on any atom is -0.465 e. The summed E-state index contributed by atoms with van der Waals surface area (Å²) in [5, 5.41) is -0.737. The molecule has 1 saturated heterocycles. The van der Waals surface area contributed by atoms with Gasteiger partial charge >= 0.3 is 11.9 Å². The molecule has 0 aromatic carbocycles. The fourth-order valence-electron chi connectivity index (χ4n) is 3.81. The molecular weight excluding hydrogens is 336 g/mol. The predicted molar refractivity (Wildman–Crippen MR) is 104 cm³/mol. The van der Waals surface area contributed by atoms with Crippen LogP contribution in [0.5, 0.6) is 0 Å². The van der Waals surface area contributed by atoms with Crippen LogP contribution in [-0.4, -0.2) is 30.4 Å². The molecule has 0 aliphatic carbocycles. The van der Waals surface area contributed by atoms with Gasteiger partial charge in [-0.1, -0.05) is 53.4 Å². The number of hydrogen-bond donors (Lipinski definition) is 1. The van der Waals surface area contributed by atoms with Crippen molar-refractivity contribution in [2.24, 2.45) is 17.3 Å². The van der Waals surface area contributed by atoms with E-state index in [1.54, 1.807) is 0 Å². The maximum atomic E-state index is 12.1. The number of esters is 2. The zero-order valence-corrected chi connectivity index (χ0v) is 17.3. The van der Waals surface area contributed by atoms with Crippen LogP contribution in [0.2, 0.25) is 0 Å². The zero-order chi connectivity index (χ0) is 18.9. The summed E-state index contributed by atoms with van der Waals surface area (Å²) in [4.78, 5) is 24.2. The van der Waals surface area contributed by atoms with Gasteiger partial charge in [0.25, 0.3) is 0 Å². The van der Waals surface area contributed by atoms with E-state index >= 15 is 0 Å². The lowest BCUT2D eigenvalue weighted by Crippen LogP contribution is -2.39. The summed E-state index contributed by atoms with van der Waals surface area (Å²) in [6.45, 7) is 9.64. The van der Waals surface area contributed by atoms with Crippen LogP contribution in [0.1, 0.15) is 79.1 Å². The highest BCUT2D eigenvalue weighted by Crippen LogP contribution is 2.43. The Morgan fingerprint density at radius 3 is 2.40 bits per heavy atom. The van der Waals surface area contributed by atoms with Crippen LogP contribution in [0.15, 0.2) is 0 Å². The molecule has 4 unspecified atom stereocenters. The summed E-state index contributed by atoms with van der Waals surface area (Å²) in [6, 6.07) is 0. The van der Waals surface area contributed by atoms with E-state index in [1.807, 2.05) is 0 Å². The van der Waals surface area contributed by atoms with Crippen molar-refractivity contribution in [1.29, 1.82) is 0 Å². The van der Waals surface area contributed by atoms with Crippen molar-refractivity contribution in [3.05, 3.63) is 0 Å². The minimum atomic E-state index is -0.737. The summed E-state index contributed by atoms with van der Waals surface area (Å²) in [5.74, 6) is -0.150. The van der Waals surface area contributed by atoms with Gasteiger partial charge in [-0.2, -0.15) is 12.6 Å². The molecule has 146 valence electrons. The summed E-state index contributed by atoms with van der Waals surface area (Å²) >= 11 is 4.22. The molecule has 0 amide bonds. The third-order valence-electron chi connectivity index (χ3n) is 5.93. The lowest BCUT2D eigenvalue weighted by atomic mass is 9.65. The Labute approximate surface area is 158 Å². The van der Waals surface area contributed by atoms with E-state index in [0.29, 0.717) is 19.1 Å². The van der Waals surface area contributed by atoms with Crippen molar-refractivity contribution < 1.29 is 19.1 Å². The highest BCUT2D eigenvalue weighted by atomic mass is 32.1. The third-order valence-corrected chi connectivity index (χ3v) is 6.32. The van der Waals surface area contributed by atoms with Gasteiger partial charge in [0.1, 0.15) is 5.25 Å². The number of carbonyl (C=O) groups is 2. The van der Waals surface area contributed by atoms with Crippen molar-refractivity contribution in [3.8, 4) is 0 Å². The first-order valence-corrected chi connectivity index (χ1v) is 10.4. The second-order valence-corrected chi connectivity index (χ2v) is 8.14. The summed E-state index contributed by atoms with van der Waals surface area (Å²) in [6.07, 6.45) is 7.48. The Kier molecular flexibility index (Phi) is 9.91. The summed E-state index contributed by atoms with van der Waals surface area (Å²) in [5.41, 5.74) is -0.0487. The van der Waals surface area contributed by atoms with E-state index in [2.05, 4.69) is 40.3 Å². The van der Waals surface area contributed by atoms with E-state index in [-0.39, 0.29) is 23.7 Å². The number of unbranched alkanes of at least 4 members (excludes halogenated alkanes) is 2. The Morgan fingerprint density at radius 2 is 1.80 bits per heavy atom. The molecule has 1 aliphatic rings. The van der Waals surface area contributed by atoms with Gasteiger partial charge in [0.05, 0.1) is 19.6 Å². The Balaban J connectivity index is 3.10. The van der Waals surface area contributed by atoms with Crippen LogP contribution in [0, 0.1) is 17.3 Å². The minimum absolute atomic E-state index is 0.0243. The van der Waals surface area contributed by atoms with Gasteiger partial charge < -0.3 is 9.47 Å². The summed E-state index contributed by atoms with van der Waals surface area (Å²) < 4.78 is 11.2. The Bertz CT molecular complexity index is 426. The van der Waals surface area contributed by atoms with E-state index in [9.17, 15) is 9.59 Å². The molecule has 1 heterocycles. The molecule has 5 heteroatoms. The molecule has 0 radical (unpaired) electrons. The molecule has 0 spiro atoms. The molecule has 1 aliphatic heterocycles. The first kappa shape index (κ1) is 22.3. The molecule has 0 aromatic heterocycles. The third kappa shape index (κ3) is 6.50. The number of rotatable bonds is 7.